The van der Waals surface area contributed by atoms with Crippen LogP contribution in [-0.2, 0) is 6.61 Å². The van der Waals surface area contributed by atoms with Crippen LogP contribution < -0.4 is 20.1 Å². The number of ether oxygens (including phenoxy) is 2. The Balaban J connectivity index is 1.41. The molecule has 2 N–H and O–H groups in total. The summed E-state index contributed by atoms with van der Waals surface area (Å²) in [4.78, 5) is 13.5. The highest BCUT2D eigenvalue weighted by Gasteiger charge is 2.30. The van der Waals surface area contributed by atoms with Crippen molar-refractivity contribution in [3.8, 4) is 17.2 Å². The first-order valence-corrected chi connectivity index (χ1v) is 12.6. The molecule has 0 bridgehead atoms. The first-order chi connectivity index (χ1) is 16.9. The summed E-state index contributed by atoms with van der Waals surface area (Å²) < 4.78 is 14.0. The van der Waals surface area contributed by atoms with Crippen LogP contribution in [0.4, 0.5) is 5.82 Å². The summed E-state index contributed by atoms with van der Waals surface area (Å²) in [6, 6.07) is 20.5. The number of fused-ring (bicyclic) bond motifs is 1. The second kappa shape index (κ2) is 9.91. The van der Waals surface area contributed by atoms with E-state index < -0.39 is 6.17 Å². The Hall–Kier alpha value is -3.04. The maximum absolute atomic E-state index is 12.9. The van der Waals surface area contributed by atoms with Crippen molar-refractivity contribution < 1.29 is 14.3 Å². The molecule has 1 aliphatic heterocycles. The Morgan fingerprint density at radius 1 is 1.03 bits per heavy atom. The lowest BCUT2D eigenvalue weighted by molar-refractivity contribution is 0.0939. The molecule has 0 unspecified atom stereocenters. The molecule has 4 aromatic rings. The van der Waals surface area contributed by atoms with Gasteiger partial charge in [0.25, 0.3) is 5.91 Å². The molecular weight excluding hydrogens is 525 g/mol. The lowest BCUT2D eigenvalue weighted by atomic mass is 10.1. The Bertz CT molecular complexity index is 1470. The van der Waals surface area contributed by atoms with E-state index in [0.29, 0.717) is 36.2 Å². The van der Waals surface area contributed by atoms with Crippen LogP contribution in [0, 0.1) is 3.95 Å². The van der Waals surface area contributed by atoms with Crippen LogP contribution in [0.2, 0.25) is 10.0 Å². The smallest absolute Gasteiger partial charge is 0.267 e. The molecule has 0 saturated carbocycles. The van der Waals surface area contributed by atoms with Crippen LogP contribution in [0.3, 0.4) is 0 Å². The van der Waals surface area contributed by atoms with Gasteiger partial charge in [-0.3, -0.25) is 9.36 Å². The summed E-state index contributed by atoms with van der Waals surface area (Å²) in [5.41, 5.74) is 2.49. The molecule has 178 valence electrons. The number of aromatic nitrogens is 1. The van der Waals surface area contributed by atoms with E-state index in [9.17, 15) is 4.79 Å². The van der Waals surface area contributed by atoms with E-state index in [4.69, 9.17) is 44.9 Å². The van der Waals surface area contributed by atoms with Gasteiger partial charge in [0.15, 0.2) is 15.5 Å². The molecule has 1 aromatic heterocycles. The number of nitrogens with one attached hydrogen (secondary N) is 2. The van der Waals surface area contributed by atoms with E-state index in [-0.39, 0.29) is 12.5 Å². The summed E-state index contributed by atoms with van der Waals surface area (Å²) in [5.74, 6) is 1.55. The Morgan fingerprint density at radius 2 is 1.83 bits per heavy atom. The first kappa shape index (κ1) is 23.7. The van der Waals surface area contributed by atoms with Crippen LogP contribution in [0.25, 0.3) is 5.69 Å². The fraction of sp³-hybridized carbons (Fsp3) is 0.120. The van der Waals surface area contributed by atoms with Crippen molar-refractivity contribution in [3.63, 3.8) is 0 Å². The fourth-order valence-corrected chi connectivity index (χ4v) is 5.55. The highest BCUT2D eigenvalue weighted by molar-refractivity contribution is 7.73. The maximum Gasteiger partial charge on any atom is 0.267 e. The van der Waals surface area contributed by atoms with E-state index in [1.54, 1.807) is 25.3 Å². The number of rotatable bonds is 6. The summed E-state index contributed by atoms with van der Waals surface area (Å²) in [6.45, 7) is 0.251. The molecule has 6 nitrogen and oxygen atoms in total. The molecule has 3 aromatic carbocycles. The van der Waals surface area contributed by atoms with Gasteiger partial charge in [-0.2, -0.15) is 0 Å². The molecule has 0 aliphatic carbocycles. The van der Waals surface area contributed by atoms with Crippen molar-refractivity contribution in [2.45, 2.75) is 12.8 Å². The van der Waals surface area contributed by atoms with Crippen molar-refractivity contribution in [1.82, 2.24) is 9.88 Å². The number of hydrogen-bond donors (Lipinski definition) is 2. The van der Waals surface area contributed by atoms with Gasteiger partial charge >= 0.3 is 0 Å². The average Bonchev–Trinajstić information content (AvgIpc) is 3.20. The van der Waals surface area contributed by atoms with Gasteiger partial charge in [-0.25, -0.2) is 0 Å². The summed E-state index contributed by atoms with van der Waals surface area (Å²) in [7, 11) is 1.57. The third-order valence-corrected chi connectivity index (χ3v) is 7.47. The minimum Gasteiger partial charge on any atom is -0.493 e. The summed E-state index contributed by atoms with van der Waals surface area (Å²) in [5, 5.41) is 7.51. The molecular formula is C25H19Cl2N3O3S2. The maximum atomic E-state index is 12.9. The molecule has 2 heterocycles. The zero-order valence-corrected chi connectivity index (χ0v) is 21.5. The minimum atomic E-state index is -0.484. The van der Waals surface area contributed by atoms with Crippen molar-refractivity contribution in [2.24, 2.45) is 0 Å². The zero-order valence-electron chi connectivity index (χ0n) is 18.4. The van der Waals surface area contributed by atoms with E-state index in [0.717, 1.165) is 16.8 Å². The van der Waals surface area contributed by atoms with Crippen LogP contribution in [0.15, 0.2) is 66.7 Å². The molecule has 0 spiro atoms. The monoisotopic (exact) mass is 543 g/mol. The number of para-hydroxylation sites is 1. The third-order valence-electron chi connectivity index (χ3n) is 5.51. The predicted molar refractivity (Wildman–Crippen MR) is 142 cm³/mol. The molecule has 1 aliphatic rings. The van der Waals surface area contributed by atoms with Gasteiger partial charge in [-0.15, -0.1) is 0 Å². The Kier molecular flexibility index (Phi) is 6.71. The predicted octanol–water partition coefficient (Wildman–Crippen LogP) is 7.02. The number of anilines is 1. The number of benzene rings is 3. The second-order valence-corrected chi connectivity index (χ2v) is 10.2. The van der Waals surface area contributed by atoms with Gasteiger partial charge < -0.3 is 20.1 Å². The lowest BCUT2D eigenvalue weighted by Crippen LogP contribution is -2.38. The molecule has 35 heavy (non-hydrogen) atoms. The van der Waals surface area contributed by atoms with Gasteiger partial charge in [-0.1, -0.05) is 64.9 Å². The van der Waals surface area contributed by atoms with Crippen LogP contribution >= 0.6 is 46.8 Å². The minimum absolute atomic E-state index is 0.189. The highest BCUT2D eigenvalue weighted by Crippen LogP contribution is 2.37. The third kappa shape index (κ3) is 4.75. The molecule has 1 amide bonds. The largest absolute Gasteiger partial charge is 0.493 e. The van der Waals surface area contributed by atoms with Crippen molar-refractivity contribution >= 4 is 58.5 Å². The van der Waals surface area contributed by atoms with Crippen LogP contribution in [0.5, 0.6) is 11.5 Å². The first-order valence-electron chi connectivity index (χ1n) is 10.6. The van der Waals surface area contributed by atoms with E-state index in [1.807, 2.05) is 53.1 Å². The molecule has 1 atom stereocenters. The number of methoxy groups -OCH3 is 1. The molecule has 0 radical (unpaired) electrons. The highest BCUT2D eigenvalue weighted by atomic mass is 35.5. The van der Waals surface area contributed by atoms with Crippen molar-refractivity contribution in [1.29, 1.82) is 0 Å². The summed E-state index contributed by atoms with van der Waals surface area (Å²) in [6.07, 6.45) is -0.484. The van der Waals surface area contributed by atoms with Crippen molar-refractivity contribution in [2.75, 3.05) is 12.4 Å². The standard InChI is InChI=1S/C25H19Cl2N3O3S2/c1-32-20-11-14(8-10-19(20)33-13-15-7-9-16(26)12-18(15)27)22-28-23-21(24(31)29-22)35-25(34)30(23)17-5-3-2-4-6-17/h2-12,22,28H,13H2,1H3,(H,29,31)/t22-/m1/s1. The van der Waals surface area contributed by atoms with E-state index in [1.165, 1.54) is 11.3 Å². The SMILES string of the molecule is COc1cc([C@H]2NC(=O)c3sc(=S)n(-c4ccccc4)c3N2)ccc1OCc1ccc(Cl)cc1Cl. The topological polar surface area (TPSA) is 64.5 Å². The number of carbonyl (C=O) groups excluding carboxylic acids is 1. The summed E-state index contributed by atoms with van der Waals surface area (Å²) >= 11 is 19.1. The number of amides is 1. The van der Waals surface area contributed by atoms with Gasteiger partial charge in [0.1, 0.15) is 23.5 Å². The van der Waals surface area contributed by atoms with Crippen LogP contribution in [0.1, 0.15) is 27.0 Å². The lowest BCUT2D eigenvalue weighted by Gasteiger charge is -2.27. The number of hydrogen-bond acceptors (Lipinski definition) is 6. The van der Waals surface area contributed by atoms with Crippen LogP contribution in [-0.4, -0.2) is 17.6 Å². The van der Waals surface area contributed by atoms with Gasteiger partial charge in [0.05, 0.1) is 7.11 Å². The van der Waals surface area contributed by atoms with Gasteiger partial charge in [0.2, 0.25) is 0 Å². The van der Waals surface area contributed by atoms with E-state index in [2.05, 4.69) is 10.6 Å². The average molecular weight is 544 g/mol. The quantitative estimate of drug-likeness (QED) is 0.256. The molecule has 10 heteroatoms. The van der Waals surface area contributed by atoms with E-state index >= 15 is 0 Å². The number of carbonyl (C=O) groups is 1. The molecule has 5 rings (SSSR count). The normalized spacial score (nSPS) is 14.6. The van der Waals surface area contributed by atoms with Gasteiger partial charge in [0, 0.05) is 21.3 Å². The number of thiazole rings is 1. The van der Waals surface area contributed by atoms with Gasteiger partial charge in [-0.05, 0) is 54.2 Å². The fourth-order valence-electron chi connectivity index (χ4n) is 3.78. The number of nitrogens with zero attached hydrogens (tertiary/aromatic N) is 1. The van der Waals surface area contributed by atoms with Crippen molar-refractivity contribution in [3.05, 3.63) is 96.7 Å². The Labute approximate surface area is 221 Å². The molecule has 0 fully saturated rings. The molecule has 0 saturated heterocycles. The second-order valence-electron chi connectivity index (χ2n) is 7.70. The Morgan fingerprint density at radius 3 is 2.57 bits per heavy atom. The zero-order chi connectivity index (χ0) is 24.5. The number of halogens is 2.